The van der Waals surface area contributed by atoms with E-state index in [0.29, 0.717) is 11.3 Å². The molecule has 0 fully saturated rings. The number of methoxy groups -OCH3 is 1. The Kier molecular flexibility index (Phi) is 5.16. The molecule has 0 spiro atoms. The van der Waals surface area contributed by atoms with Gasteiger partial charge in [-0.2, -0.15) is 5.10 Å². The highest BCUT2D eigenvalue weighted by Crippen LogP contribution is 2.13. The normalized spacial score (nSPS) is 10.5. The molecule has 0 radical (unpaired) electrons. The fourth-order valence-electron chi connectivity index (χ4n) is 2.64. The first-order valence-electron chi connectivity index (χ1n) is 8.10. The Morgan fingerprint density at radius 3 is 2.32 bits per heavy atom. The standard InChI is InChI=1S/C19H15N3O6/c1-28-19(27)11-6-8-12(9-7-11)20-15(23)10-22-17(24)14-5-3-2-4-13(14)16(21-22)18(25)26/h2-9H,10H2,1H3,(H,20,23)(H,25,26)/p-1. The average molecular weight is 380 g/mol. The van der Waals surface area contributed by atoms with Gasteiger partial charge in [0.15, 0.2) is 0 Å². The second kappa shape index (κ2) is 7.70. The van der Waals surface area contributed by atoms with Crippen molar-refractivity contribution in [1.82, 2.24) is 9.78 Å². The van der Waals surface area contributed by atoms with E-state index in [1.54, 1.807) is 12.1 Å². The van der Waals surface area contributed by atoms with Gasteiger partial charge in [0.2, 0.25) is 5.91 Å². The minimum absolute atomic E-state index is 0.118. The molecule has 0 saturated heterocycles. The number of ether oxygens (including phenoxy) is 1. The summed E-state index contributed by atoms with van der Waals surface area (Å²) in [7, 11) is 1.26. The summed E-state index contributed by atoms with van der Waals surface area (Å²) in [5.41, 5.74) is -0.333. The van der Waals surface area contributed by atoms with Crippen LogP contribution in [0.5, 0.6) is 0 Å². The second-order valence-electron chi connectivity index (χ2n) is 5.76. The quantitative estimate of drug-likeness (QED) is 0.625. The van der Waals surface area contributed by atoms with E-state index in [1.165, 1.54) is 43.5 Å². The van der Waals surface area contributed by atoms with Crippen molar-refractivity contribution in [2.45, 2.75) is 6.54 Å². The molecule has 0 atom stereocenters. The molecule has 2 aromatic carbocycles. The number of hydrogen-bond acceptors (Lipinski definition) is 7. The molecule has 1 heterocycles. The van der Waals surface area contributed by atoms with Gasteiger partial charge in [0.1, 0.15) is 12.2 Å². The lowest BCUT2D eigenvalue weighted by molar-refractivity contribution is -0.255. The zero-order valence-electron chi connectivity index (χ0n) is 14.7. The molecular formula is C19H14N3O6-. The first-order valence-corrected chi connectivity index (χ1v) is 8.10. The first kappa shape index (κ1) is 18.8. The van der Waals surface area contributed by atoms with Crippen LogP contribution in [0.4, 0.5) is 5.69 Å². The van der Waals surface area contributed by atoms with Crippen LogP contribution in [0.2, 0.25) is 0 Å². The smallest absolute Gasteiger partial charge is 0.337 e. The van der Waals surface area contributed by atoms with E-state index >= 15 is 0 Å². The molecule has 142 valence electrons. The zero-order chi connectivity index (χ0) is 20.3. The number of carbonyl (C=O) groups is 3. The highest BCUT2D eigenvalue weighted by atomic mass is 16.5. The second-order valence-corrected chi connectivity index (χ2v) is 5.76. The van der Waals surface area contributed by atoms with Crippen molar-refractivity contribution in [3.63, 3.8) is 0 Å². The predicted molar refractivity (Wildman–Crippen MR) is 96.7 cm³/mol. The van der Waals surface area contributed by atoms with E-state index in [1.807, 2.05) is 0 Å². The van der Waals surface area contributed by atoms with Gasteiger partial charge in [-0.3, -0.25) is 9.59 Å². The topological polar surface area (TPSA) is 130 Å². The summed E-state index contributed by atoms with van der Waals surface area (Å²) in [6.07, 6.45) is 0. The summed E-state index contributed by atoms with van der Waals surface area (Å²) in [5, 5.41) is 17.9. The van der Waals surface area contributed by atoms with Gasteiger partial charge in [-0.25, -0.2) is 9.48 Å². The third kappa shape index (κ3) is 3.73. The fourth-order valence-corrected chi connectivity index (χ4v) is 2.64. The molecule has 3 rings (SSSR count). The number of hydrogen-bond donors (Lipinski definition) is 1. The number of nitrogens with one attached hydrogen (secondary N) is 1. The van der Waals surface area contributed by atoms with Crippen molar-refractivity contribution in [3.05, 3.63) is 70.1 Å². The third-order valence-corrected chi connectivity index (χ3v) is 3.94. The van der Waals surface area contributed by atoms with Gasteiger partial charge in [-0.15, -0.1) is 0 Å². The Morgan fingerprint density at radius 2 is 1.71 bits per heavy atom. The maximum absolute atomic E-state index is 12.5. The SMILES string of the molecule is COC(=O)c1ccc(NC(=O)Cn2nc(C(=O)[O-])c3ccccc3c2=O)cc1. The molecule has 1 amide bonds. The van der Waals surface area contributed by atoms with Crippen LogP contribution in [-0.2, 0) is 16.1 Å². The largest absolute Gasteiger partial charge is 0.543 e. The molecule has 3 aromatic rings. The number of fused-ring (bicyclic) bond motifs is 1. The Bertz CT molecular complexity index is 1130. The number of rotatable bonds is 5. The maximum atomic E-state index is 12.5. The number of esters is 1. The van der Waals surface area contributed by atoms with Gasteiger partial charge < -0.3 is 20.0 Å². The lowest BCUT2D eigenvalue weighted by atomic mass is 10.1. The summed E-state index contributed by atoms with van der Waals surface area (Å²) in [6, 6.07) is 12.0. The van der Waals surface area contributed by atoms with Crippen LogP contribution in [-0.4, -0.2) is 34.7 Å². The van der Waals surface area contributed by atoms with Crippen LogP contribution in [0, 0.1) is 0 Å². The monoisotopic (exact) mass is 380 g/mol. The van der Waals surface area contributed by atoms with Crippen LogP contribution in [0.15, 0.2) is 53.3 Å². The number of amides is 1. The first-order chi connectivity index (χ1) is 13.4. The molecule has 9 nitrogen and oxygen atoms in total. The fraction of sp³-hybridized carbons (Fsp3) is 0.105. The van der Waals surface area contributed by atoms with Crippen molar-refractivity contribution in [3.8, 4) is 0 Å². The van der Waals surface area contributed by atoms with E-state index in [9.17, 15) is 24.3 Å². The zero-order valence-corrected chi connectivity index (χ0v) is 14.7. The molecular weight excluding hydrogens is 366 g/mol. The number of nitrogens with zero attached hydrogens (tertiary/aromatic N) is 2. The number of aromatic carboxylic acids is 1. The Hall–Kier alpha value is -4.01. The molecule has 9 heteroatoms. The third-order valence-electron chi connectivity index (χ3n) is 3.94. The molecule has 0 saturated carbocycles. The number of carbonyl (C=O) groups excluding carboxylic acids is 3. The highest BCUT2D eigenvalue weighted by Gasteiger charge is 2.14. The summed E-state index contributed by atoms with van der Waals surface area (Å²) in [5.74, 6) is -2.66. The van der Waals surface area contributed by atoms with Crippen LogP contribution in [0.3, 0.4) is 0 Å². The van der Waals surface area contributed by atoms with Gasteiger partial charge in [-0.05, 0) is 30.3 Å². The molecule has 0 unspecified atom stereocenters. The minimum atomic E-state index is -1.55. The van der Waals surface area contributed by atoms with Crippen molar-refractivity contribution < 1.29 is 24.2 Å². The molecule has 0 bridgehead atoms. The van der Waals surface area contributed by atoms with Crippen LogP contribution in [0.1, 0.15) is 20.8 Å². The molecule has 0 aliphatic carbocycles. The van der Waals surface area contributed by atoms with Crippen LogP contribution >= 0.6 is 0 Å². The van der Waals surface area contributed by atoms with Crippen LogP contribution < -0.4 is 16.0 Å². The lowest BCUT2D eigenvalue weighted by Crippen LogP contribution is -2.34. The van der Waals surface area contributed by atoms with Crippen molar-refractivity contribution in [1.29, 1.82) is 0 Å². The summed E-state index contributed by atoms with van der Waals surface area (Å²) in [6.45, 7) is -0.497. The number of aromatic nitrogens is 2. The van der Waals surface area contributed by atoms with E-state index in [-0.39, 0.29) is 10.8 Å². The number of benzene rings is 2. The molecule has 1 N–H and O–H groups in total. The molecule has 0 aliphatic heterocycles. The lowest BCUT2D eigenvalue weighted by Gasteiger charge is -2.12. The van der Waals surface area contributed by atoms with E-state index < -0.39 is 35.6 Å². The van der Waals surface area contributed by atoms with E-state index in [4.69, 9.17) is 0 Å². The van der Waals surface area contributed by atoms with Crippen molar-refractivity contribution in [2.24, 2.45) is 0 Å². The van der Waals surface area contributed by atoms with E-state index in [2.05, 4.69) is 15.2 Å². The summed E-state index contributed by atoms with van der Waals surface area (Å²) < 4.78 is 5.36. The van der Waals surface area contributed by atoms with Gasteiger partial charge in [0.25, 0.3) is 5.56 Å². The Labute approximate surface area is 158 Å². The number of anilines is 1. The van der Waals surface area contributed by atoms with Gasteiger partial charge in [0, 0.05) is 11.1 Å². The van der Waals surface area contributed by atoms with E-state index in [0.717, 1.165) is 4.68 Å². The minimum Gasteiger partial charge on any atom is -0.543 e. The Balaban J connectivity index is 1.85. The summed E-state index contributed by atoms with van der Waals surface area (Å²) in [4.78, 5) is 47.5. The number of carboxylic acid groups (broad SMARTS) is 1. The predicted octanol–water partition coefficient (Wildman–Crippen LogP) is 0.185. The molecule has 0 aliphatic rings. The Morgan fingerprint density at radius 1 is 1.07 bits per heavy atom. The number of carboxylic acids is 1. The van der Waals surface area contributed by atoms with Crippen LogP contribution in [0.25, 0.3) is 10.8 Å². The van der Waals surface area contributed by atoms with Gasteiger partial charge in [0.05, 0.1) is 24.0 Å². The highest BCUT2D eigenvalue weighted by molar-refractivity contribution is 6.00. The average Bonchev–Trinajstić information content (AvgIpc) is 2.70. The van der Waals surface area contributed by atoms with Crippen molar-refractivity contribution >= 4 is 34.3 Å². The maximum Gasteiger partial charge on any atom is 0.337 e. The van der Waals surface area contributed by atoms with Crippen molar-refractivity contribution in [2.75, 3.05) is 12.4 Å². The molecule has 28 heavy (non-hydrogen) atoms. The van der Waals surface area contributed by atoms with Gasteiger partial charge >= 0.3 is 5.97 Å². The summed E-state index contributed by atoms with van der Waals surface area (Å²) >= 11 is 0. The van der Waals surface area contributed by atoms with Gasteiger partial charge in [-0.1, -0.05) is 18.2 Å². The molecule has 1 aromatic heterocycles.